The van der Waals surface area contributed by atoms with Crippen LogP contribution in [0.4, 0.5) is 0 Å². The first kappa shape index (κ1) is 18.3. The van der Waals surface area contributed by atoms with E-state index in [4.69, 9.17) is 4.11 Å². The van der Waals surface area contributed by atoms with Gasteiger partial charge in [-0.25, -0.2) is 4.57 Å². The summed E-state index contributed by atoms with van der Waals surface area (Å²) in [4.78, 5) is 0. The minimum atomic E-state index is -2.22. The van der Waals surface area contributed by atoms with Gasteiger partial charge in [-0.15, -0.1) is 0 Å². The predicted molar refractivity (Wildman–Crippen MR) is 149 cm³/mol. The van der Waals surface area contributed by atoms with Crippen LogP contribution in [-0.4, -0.2) is 0 Å². The third-order valence-corrected chi connectivity index (χ3v) is 8.18. The lowest BCUT2D eigenvalue weighted by Crippen LogP contribution is -2.32. The average molecular weight is 468 g/mol. The standard InChI is InChI=1S/C35H30N/c1-21-13-15-24(16-14-21)29-19-32(36(4)20-22(29)2)33-23(3)30-17-25-9-5-7-11-27(25)34(30)31-18-26-10-6-8-12-28(26)35(31)33/h5-16,19-20H,17-18H2,1-4H3/q+1/i2D3. The number of hydrogen-bond acceptors (Lipinski definition) is 0. The molecule has 0 aliphatic heterocycles. The minimum Gasteiger partial charge on any atom is -0.201 e. The van der Waals surface area contributed by atoms with E-state index in [2.05, 4.69) is 80.6 Å². The normalized spacial score (nSPS) is 14.4. The number of benzene rings is 4. The van der Waals surface area contributed by atoms with Gasteiger partial charge in [-0.3, -0.25) is 0 Å². The van der Waals surface area contributed by atoms with E-state index in [0.29, 0.717) is 5.56 Å². The van der Waals surface area contributed by atoms with Crippen LogP contribution >= 0.6 is 0 Å². The van der Waals surface area contributed by atoms with Gasteiger partial charge in [0.05, 0.1) is 5.56 Å². The molecule has 0 atom stereocenters. The summed E-state index contributed by atoms with van der Waals surface area (Å²) in [7, 11) is 1.98. The molecule has 4 aromatic carbocycles. The van der Waals surface area contributed by atoms with Crippen LogP contribution < -0.4 is 4.57 Å². The highest BCUT2D eigenvalue weighted by Gasteiger charge is 2.35. The fourth-order valence-electron chi connectivity index (χ4n) is 6.41. The lowest BCUT2D eigenvalue weighted by Gasteiger charge is -2.19. The molecule has 1 nitrogen and oxygen atoms in total. The van der Waals surface area contributed by atoms with Gasteiger partial charge in [-0.05, 0) is 89.2 Å². The van der Waals surface area contributed by atoms with Crippen LogP contribution in [0.1, 0.15) is 43.1 Å². The van der Waals surface area contributed by atoms with Crippen LogP contribution in [0.15, 0.2) is 85.1 Å². The molecule has 0 saturated heterocycles. The molecule has 0 bridgehead atoms. The average Bonchev–Trinajstić information content (AvgIpc) is 3.49. The maximum atomic E-state index is 8.33. The number of aromatic nitrogens is 1. The van der Waals surface area contributed by atoms with Crippen LogP contribution in [0.2, 0.25) is 0 Å². The van der Waals surface area contributed by atoms with Gasteiger partial charge in [0.15, 0.2) is 6.20 Å². The molecular formula is C35H30N+. The first-order valence-electron chi connectivity index (χ1n) is 14.2. The Morgan fingerprint density at radius 1 is 0.694 bits per heavy atom. The monoisotopic (exact) mass is 467 g/mol. The Labute approximate surface area is 217 Å². The molecule has 0 spiro atoms. The van der Waals surface area contributed by atoms with Crippen molar-refractivity contribution in [2.75, 3.05) is 0 Å². The molecule has 0 fully saturated rings. The molecule has 0 radical (unpaired) electrons. The van der Waals surface area contributed by atoms with Crippen molar-refractivity contribution in [1.29, 1.82) is 0 Å². The van der Waals surface area contributed by atoms with E-state index in [0.717, 1.165) is 35.2 Å². The second-order valence-electron chi connectivity index (χ2n) is 10.3. The summed E-state index contributed by atoms with van der Waals surface area (Å²) in [6, 6.07) is 27.9. The van der Waals surface area contributed by atoms with Crippen LogP contribution in [0.3, 0.4) is 0 Å². The van der Waals surface area contributed by atoms with Crippen molar-refractivity contribution in [1.82, 2.24) is 0 Å². The summed E-state index contributed by atoms with van der Waals surface area (Å²) in [5.41, 5.74) is 17.6. The van der Waals surface area contributed by atoms with Crippen LogP contribution in [0.5, 0.6) is 0 Å². The van der Waals surface area contributed by atoms with E-state index in [1.807, 2.05) is 29.9 Å². The molecule has 36 heavy (non-hydrogen) atoms. The highest BCUT2D eigenvalue weighted by Crippen LogP contribution is 2.53. The Balaban J connectivity index is 1.57. The van der Waals surface area contributed by atoms with Crippen molar-refractivity contribution in [3.05, 3.63) is 124 Å². The molecular weight excluding hydrogens is 434 g/mol. The van der Waals surface area contributed by atoms with E-state index in [9.17, 15) is 0 Å². The zero-order valence-corrected chi connectivity index (χ0v) is 20.9. The minimum absolute atomic E-state index is 0.376. The molecule has 2 aliphatic rings. The zero-order chi connectivity index (χ0) is 27.1. The molecule has 0 amide bonds. The summed E-state index contributed by atoms with van der Waals surface area (Å²) in [6.45, 7) is 2.09. The fraction of sp³-hybridized carbons (Fsp3) is 0.171. The molecule has 5 aromatic rings. The topological polar surface area (TPSA) is 3.88 Å². The lowest BCUT2D eigenvalue weighted by molar-refractivity contribution is -0.660. The second kappa shape index (κ2) is 7.77. The van der Waals surface area contributed by atoms with Crippen molar-refractivity contribution in [3.63, 3.8) is 0 Å². The quantitative estimate of drug-likeness (QED) is 0.227. The predicted octanol–water partition coefficient (Wildman–Crippen LogP) is 7.91. The Kier molecular flexibility index (Phi) is 3.95. The molecule has 1 aromatic heterocycles. The number of rotatable bonds is 2. The van der Waals surface area contributed by atoms with Crippen LogP contribution in [0, 0.1) is 20.7 Å². The molecule has 1 heterocycles. The van der Waals surface area contributed by atoms with Crippen molar-refractivity contribution in [3.8, 4) is 44.6 Å². The van der Waals surface area contributed by atoms with Crippen molar-refractivity contribution >= 4 is 0 Å². The summed E-state index contributed by atoms with van der Waals surface area (Å²) < 4.78 is 27.0. The summed E-state index contributed by atoms with van der Waals surface area (Å²) >= 11 is 0. The van der Waals surface area contributed by atoms with Crippen LogP contribution in [0.25, 0.3) is 44.6 Å². The summed E-state index contributed by atoms with van der Waals surface area (Å²) in [5.74, 6) is 0. The molecule has 1 heteroatoms. The highest BCUT2D eigenvalue weighted by atomic mass is 14.9. The van der Waals surface area contributed by atoms with E-state index in [1.165, 1.54) is 55.6 Å². The fourth-order valence-corrected chi connectivity index (χ4v) is 6.41. The first-order chi connectivity index (χ1) is 18.7. The van der Waals surface area contributed by atoms with E-state index in [-0.39, 0.29) is 0 Å². The van der Waals surface area contributed by atoms with Gasteiger partial charge in [0.25, 0.3) is 0 Å². The van der Waals surface area contributed by atoms with E-state index < -0.39 is 6.85 Å². The SMILES string of the molecule is [2H]C([2H])([2H])c1c[n+](C)c(-c2c(C)c3c(c4c2-c2ccccc2C4)-c2ccccc2C3)cc1-c1ccc(C)cc1. The molecule has 0 saturated carbocycles. The number of aryl methyl sites for hydroxylation is 3. The molecule has 2 aliphatic carbocycles. The van der Waals surface area contributed by atoms with E-state index >= 15 is 0 Å². The number of pyridine rings is 1. The van der Waals surface area contributed by atoms with Gasteiger partial charge < -0.3 is 0 Å². The van der Waals surface area contributed by atoms with Gasteiger partial charge in [-0.1, -0.05) is 78.4 Å². The number of fused-ring (bicyclic) bond motifs is 7. The Bertz CT molecular complexity index is 1810. The second-order valence-corrected chi connectivity index (χ2v) is 10.3. The van der Waals surface area contributed by atoms with Gasteiger partial charge in [0.1, 0.15) is 7.05 Å². The van der Waals surface area contributed by atoms with Crippen LogP contribution in [-0.2, 0) is 19.9 Å². The molecule has 0 unspecified atom stereocenters. The van der Waals surface area contributed by atoms with Crippen molar-refractivity contribution < 1.29 is 8.68 Å². The Morgan fingerprint density at radius 3 is 2.03 bits per heavy atom. The zero-order valence-electron chi connectivity index (χ0n) is 23.9. The summed E-state index contributed by atoms with van der Waals surface area (Å²) in [6.07, 6.45) is 3.67. The Morgan fingerprint density at radius 2 is 1.33 bits per heavy atom. The van der Waals surface area contributed by atoms with Gasteiger partial charge in [0, 0.05) is 21.3 Å². The molecule has 174 valence electrons. The summed E-state index contributed by atoms with van der Waals surface area (Å²) in [5, 5.41) is 0. The smallest absolute Gasteiger partial charge is 0.201 e. The highest BCUT2D eigenvalue weighted by molar-refractivity contribution is 5.99. The largest absolute Gasteiger partial charge is 0.213 e. The Hall–Kier alpha value is -3.97. The van der Waals surface area contributed by atoms with Crippen molar-refractivity contribution in [2.45, 2.75) is 33.5 Å². The number of hydrogen-bond donors (Lipinski definition) is 0. The maximum absolute atomic E-state index is 8.33. The van der Waals surface area contributed by atoms with Gasteiger partial charge >= 0.3 is 0 Å². The third kappa shape index (κ3) is 2.99. The van der Waals surface area contributed by atoms with E-state index in [1.54, 1.807) is 0 Å². The first-order valence-corrected chi connectivity index (χ1v) is 12.7. The lowest BCUT2D eigenvalue weighted by atomic mass is 9.84. The third-order valence-electron chi connectivity index (χ3n) is 8.18. The van der Waals surface area contributed by atoms with Gasteiger partial charge in [-0.2, -0.15) is 0 Å². The van der Waals surface area contributed by atoms with Crippen molar-refractivity contribution in [2.24, 2.45) is 7.05 Å². The molecule has 0 N–H and O–H groups in total. The number of nitrogens with zero attached hydrogens (tertiary/aromatic N) is 1. The maximum Gasteiger partial charge on any atom is 0.213 e. The molecule has 7 rings (SSSR count). The van der Waals surface area contributed by atoms with Gasteiger partial charge in [0.2, 0.25) is 5.69 Å².